The van der Waals surface area contributed by atoms with E-state index < -0.39 is 6.61 Å². The highest BCUT2D eigenvalue weighted by Crippen LogP contribution is 2.25. The van der Waals surface area contributed by atoms with Crippen LogP contribution in [0.25, 0.3) is 0 Å². The first-order valence-corrected chi connectivity index (χ1v) is 8.76. The third-order valence-electron chi connectivity index (χ3n) is 4.43. The number of nitrogens with one attached hydrogen (secondary N) is 1. The highest BCUT2D eigenvalue weighted by Gasteiger charge is 2.25. The van der Waals surface area contributed by atoms with Gasteiger partial charge in [0.15, 0.2) is 0 Å². The third-order valence-corrected chi connectivity index (χ3v) is 4.43. The topological polar surface area (TPSA) is 71.1 Å². The number of benzene rings is 1. The van der Waals surface area contributed by atoms with Crippen LogP contribution >= 0.6 is 0 Å². The largest absolute Gasteiger partial charge is 0.469 e. The van der Waals surface area contributed by atoms with Crippen molar-refractivity contribution in [2.24, 2.45) is 0 Å². The van der Waals surface area contributed by atoms with Crippen molar-refractivity contribution >= 4 is 17.6 Å². The molecule has 0 aromatic heterocycles. The number of hydrogen-bond donors (Lipinski definition) is 1. The SMILES string of the molecule is COC(=O)CCN1CCN(CC(=O)Nc2ccccc2OC(F)F)[C@@H](C)C1. The molecule has 1 atom stereocenters. The van der Waals surface area contributed by atoms with Crippen molar-refractivity contribution in [2.45, 2.75) is 26.0 Å². The molecule has 1 aliphatic rings. The highest BCUT2D eigenvalue weighted by atomic mass is 19.3. The van der Waals surface area contributed by atoms with Gasteiger partial charge in [-0.3, -0.25) is 19.4 Å². The fraction of sp³-hybridized carbons (Fsp3) is 0.556. The van der Waals surface area contributed by atoms with Gasteiger partial charge in [-0.15, -0.1) is 0 Å². The molecular formula is C18H25F2N3O4. The van der Waals surface area contributed by atoms with Gasteiger partial charge < -0.3 is 14.8 Å². The summed E-state index contributed by atoms with van der Waals surface area (Å²) >= 11 is 0. The lowest BCUT2D eigenvalue weighted by atomic mass is 10.2. The van der Waals surface area contributed by atoms with Gasteiger partial charge in [0, 0.05) is 32.2 Å². The van der Waals surface area contributed by atoms with Crippen molar-refractivity contribution in [3.63, 3.8) is 0 Å². The smallest absolute Gasteiger partial charge is 0.387 e. The number of nitrogens with zero attached hydrogens (tertiary/aromatic N) is 2. The van der Waals surface area contributed by atoms with E-state index in [4.69, 9.17) is 0 Å². The van der Waals surface area contributed by atoms with Crippen LogP contribution in [0, 0.1) is 0 Å². The molecule has 1 aromatic rings. The predicted octanol–water partition coefficient (Wildman–Crippen LogP) is 1.80. The fourth-order valence-corrected chi connectivity index (χ4v) is 3.00. The maximum absolute atomic E-state index is 12.5. The molecule has 1 heterocycles. The number of carbonyl (C=O) groups is 2. The number of amides is 1. The van der Waals surface area contributed by atoms with Crippen LogP contribution in [0.3, 0.4) is 0 Å². The van der Waals surface area contributed by atoms with E-state index in [1.54, 1.807) is 12.1 Å². The van der Waals surface area contributed by atoms with E-state index >= 15 is 0 Å². The minimum absolute atomic E-state index is 0.0680. The number of rotatable bonds is 8. The number of halogens is 2. The molecule has 0 radical (unpaired) electrons. The van der Waals surface area contributed by atoms with Crippen molar-refractivity contribution in [2.75, 3.05) is 45.2 Å². The van der Waals surface area contributed by atoms with E-state index in [-0.39, 0.29) is 35.9 Å². The summed E-state index contributed by atoms with van der Waals surface area (Å²) in [6.07, 6.45) is 0.338. The number of esters is 1. The zero-order valence-corrected chi connectivity index (χ0v) is 15.5. The first-order chi connectivity index (χ1) is 12.9. The molecule has 0 aliphatic carbocycles. The Bertz CT molecular complexity index is 645. The molecule has 1 aromatic carbocycles. The second kappa shape index (κ2) is 10.2. The number of hydrogen-bond acceptors (Lipinski definition) is 6. The second-order valence-electron chi connectivity index (χ2n) is 6.37. The first kappa shape index (κ1) is 21.0. The van der Waals surface area contributed by atoms with Crippen LogP contribution in [0.2, 0.25) is 0 Å². The summed E-state index contributed by atoms with van der Waals surface area (Å²) in [5.74, 6) is -0.606. The van der Waals surface area contributed by atoms with E-state index in [1.807, 2.05) is 11.8 Å². The van der Waals surface area contributed by atoms with Gasteiger partial charge in [-0.2, -0.15) is 8.78 Å². The van der Waals surface area contributed by atoms with E-state index in [9.17, 15) is 18.4 Å². The number of para-hydroxylation sites is 2. The molecule has 1 aliphatic heterocycles. The number of alkyl halides is 2. The quantitative estimate of drug-likeness (QED) is 0.688. The van der Waals surface area contributed by atoms with E-state index in [1.165, 1.54) is 19.2 Å². The molecule has 9 heteroatoms. The number of piperazine rings is 1. The Hall–Kier alpha value is -2.26. The van der Waals surface area contributed by atoms with Crippen LogP contribution in [0.4, 0.5) is 14.5 Å². The average molecular weight is 385 g/mol. The van der Waals surface area contributed by atoms with Gasteiger partial charge in [0.1, 0.15) is 5.75 Å². The number of methoxy groups -OCH3 is 1. The molecule has 1 amide bonds. The van der Waals surface area contributed by atoms with Crippen LogP contribution < -0.4 is 10.1 Å². The summed E-state index contributed by atoms with van der Waals surface area (Å²) in [6, 6.07) is 6.21. The zero-order chi connectivity index (χ0) is 19.8. The van der Waals surface area contributed by atoms with Crippen LogP contribution in [-0.2, 0) is 14.3 Å². The van der Waals surface area contributed by atoms with Gasteiger partial charge in [-0.05, 0) is 19.1 Å². The molecule has 0 saturated carbocycles. The van der Waals surface area contributed by atoms with Crippen molar-refractivity contribution in [3.05, 3.63) is 24.3 Å². The summed E-state index contributed by atoms with van der Waals surface area (Å²) in [4.78, 5) is 27.7. The zero-order valence-electron chi connectivity index (χ0n) is 15.5. The summed E-state index contributed by atoms with van der Waals surface area (Å²) in [5.41, 5.74) is 0.215. The molecule has 7 nitrogen and oxygen atoms in total. The van der Waals surface area contributed by atoms with Crippen LogP contribution in [0.1, 0.15) is 13.3 Å². The maximum atomic E-state index is 12.5. The normalized spacial score (nSPS) is 18.3. The molecule has 1 N–H and O–H groups in total. The standard InChI is InChI=1S/C18H25F2N3O4/c1-13-11-22(8-7-17(25)26-2)9-10-23(13)12-16(24)21-14-5-3-4-6-15(14)27-18(19)20/h3-6,13,18H,7-12H2,1-2H3,(H,21,24)/t13-/m0/s1. The second-order valence-corrected chi connectivity index (χ2v) is 6.37. The third kappa shape index (κ3) is 6.76. The van der Waals surface area contributed by atoms with Crippen molar-refractivity contribution in [1.29, 1.82) is 0 Å². The lowest BCUT2D eigenvalue weighted by Gasteiger charge is -2.39. The first-order valence-electron chi connectivity index (χ1n) is 8.76. The van der Waals surface area contributed by atoms with Gasteiger partial charge in [0.05, 0.1) is 25.8 Å². The molecular weight excluding hydrogens is 360 g/mol. The average Bonchev–Trinajstić information content (AvgIpc) is 2.63. The van der Waals surface area contributed by atoms with Gasteiger partial charge in [0.25, 0.3) is 0 Å². The van der Waals surface area contributed by atoms with E-state index in [0.717, 1.165) is 13.1 Å². The molecule has 0 spiro atoms. The van der Waals surface area contributed by atoms with Crippen molar-refractivity contribution < 1.29 is 27.8 Å². The summed E-state index contributed by atoms with van der Waals surface area (Å²) < 4.78 is 34.0. The Balaban J connectivity index is 1.84. The maximum Gasteiger partial charge on any atom is 0.387 e. The number of anilines is 1. The Labute approximate surface area is 157 Å². The Morgan fingerprint density at radius 2 is 2.04 bits per heavy atom. The van der Waals surface area contributed by atoms with Gasteiger partial charge in [-0.25, -0.2) is 0 Å². The van der Waals surface area contributed by atoms with Crippen LogP contribution in [-0.4, -0.2) is 74.2 Å². The molecule has 1 fully saturated rings. The lowest BCUT2D eigenvalue weighted by molar-refractivity contribution is -0.141. The number of carbonyl (C=O) groups excluding carboxylic acids is 2. The van der Waals surface area contributed by atoms with Crippen LogP contribution in [0.5, 0.6) is 5.75 Å². The number of ether oxygens (including phenoxy) is 2. The van der Waals surface area contributed by atoms with Crippen molar-refractivity contribution in [1.82, 2.24) is 9.80 Å². The minimum atomic E-state index is -2.96. The summed E-state index contributed by atoms with van der Waals surface area (Å²) in [7, 11) is 1.37. The molecule has 0 bridgehead atoms. The minimum Gasteiger partial charge on any atom is -0.469 e. The fourth-order valence-electron chi connectivity index (χ4n) is 3.00. The van der Waals surface area contributed by atoms with Gasteiger partial charge in [0.2, 0.25) is 5.91 Å². The lowest BCUT2D eigenvalue weighted by Crippen LogP contribution is -2.53. The van der Waals surface area contributed by atoms with E-state index in [0.29, 0.717) is 19.5 Å². The molecule has 150 valence electrons. The van der Waals surface area contributed by atoms with E-state index in [2.05, 4.69) is 19.7 Å². The summed E-state index contributed by atoms with van der Waals surface area (Å²) in [6.45, 7) is 1.96. The van der Waals surface area contributed by atoms with Crippen LogP contribution in [0.15, 0.2) is 24.3 Å². The highest BCUT2D eigenvalue weighted by molar-refractivity contribution is 5.93. The Kier molecular flexibility index (Phi) is 7.93. The monoisotopic (exact) mass is 385 g/mol. The molecule has 27 heavy (non-hydrogen) atoms. The Morgan fingerprint density at radius 1 is 1.30 bits per heavy atom. The van der Waals surface area contributed by atoms with Gasteiger partial charge in [-0.1, -0.05) is 12.1 Å². The van der Waals surface area contributed by atoms with Gasteiger partial charge >= 0.3 is 12.6 Å². The Morgan fingerprint density at radius 3 is 2.70 bits per heavy atom. The predicted molar refractivity (Wildman–Crippen MR) is 95.8 cm³/mol. The molecule has 1 saturated heterocycles. The molecule has 0 unspecified atom stereocenters. The summed E-state index contributed by atoms with van der Waals surface area (Å²) in [5, 5.41) is 2.63. The van der Waals surface area contributed by atoms with Crippen molar-refractivity contribution in [3.8, 4) is 5.75 Å². The molecule has 2 rings (SSSR count).